The summed E-state index contributed by atoms with van der Waals surface area (Å²) in [5, 5.41) is 6.86. The molecule has 1 fully saturated rings. The number of hydrogen-bond acceptors (Lipinski definition) is 4. The topological polar surface area (TPSA) is 53.3 Å². The second-order valence-corrected chi connectivity index (χ2v) is 14.6. The van der Waals surface area contributed by atoms with Gasteiger partial charge in [-0.1, -0.05) is 123 Å². The minimum atomic E-state index is 0.611. The Bertz CT molecular complexity index is 1220. The van der Waals surface area contributed by atoms with Crippen molar-refractivity contribution in [3.05, 3.63) is 107 Å². The van der Waals surface area contributed by atoms with Crippen LogP contribution in [0.4, 0.5) is 0 Å². The summed E-state index contributed by atoms with van der Waals surface area (Å²) in [7, 11) is 0. The van der Waals surface area contributed by atoms with E-state index in [1.165, 1.54) is 91.5 Å². The Hall–Kier alpha value is -3.40. The Morgan fingerprint density at radius 1 is 0.941 bits per heavy atom. The summed E-state index contributed by atoms with van der Waals surface area (Å²) in [5.74, 6) is 1.05. The predicted molar refractivity (Wildman–Crippen MR) is 234 cm³/mol. The smallest absolute Gasteiger partial charge is 0.0352 e. The van der Waals surface area contributed by atoms with Gasteiger partial charge in [-0.25, -0.2) is 0 Å². The zero-order chi connectivity index (χ0) is 39.2. The third-order valence-corrected chi connectivity index (χ3v) is 8.43. The van der Waals surface area contributed by atoms with Crippen molar-refractivity contribution in [2.45, 2.75) is 141 Å². The van der Waals surface area contributed by atoms with Crippen LogP contribution < -0.4 is 16.4 Å². The monoisotopic (exact) mass is 703 g/mol. The van der Waals surface area contributed by atoms with Crippen LogP contribution in [0.25, 0.3) is 11.8 Å². The molecule has 4 heteroatoms. The molecule has 0 amide bonds. The molecule has 0 saturated heterocycles. The van der Waals surface area contributed by atoms with Crippen LogP contribution >= 0.6 is 0 Å². The van der Waals surface area contributed by atoms with E-state index >= 15 is 0 Å². The Morgan fingerprint density at radius 3 is 1.98 bits per heavy atom. The highest BCUT2D eigenvalue weighted by Gasteiger charge is 2.33. The van der Waals surface area contributed by atoms with Crippen molar-refractivity contribution < 1.29 is 0 Å². The fourth-order valence-electron chi connectivity index (χ4n) is 5.45. The number of rotatable bonds is 15. The molecule has 51 heavy (non-hydrogen) atoms. The summed E-state index contributed by atoms with van der Waals surface area (Å²) in [4.78, 5) is 2.53. The number of hydrogen-bond donors (Lipinski definition) is 3. The van der Waals surface area contributed by atoms with Gasteiger partial charge >= 0.3 is 0 Å². The van der Waals surface area contributed by atoms with E-state index < -0.39 is 0 Å². The Morgan fingerprint density at radius 2 is 1.51 bits per heavy atom. The second kappa shape index (κ2) is 30.2. The summed E-state index contributed by atoms with van der Waals surface area (Å²) in [5.41, 5.74) is 15.4. The van der Waals surface area contributed by atoms with Gasteiger partial charge in [0.25, 0.3) is 0 Å². The van der Waals surface area contributed by atoms with Gasteiger partial charge in [0.2, 0.25) is 0 Å². The van der Waals surface area contributed by atoms with Gasteiger partial charge in [-0.15, -0.1) is 0 Å². The van der Waals surface area contributed by atoms with Gasteiger partial charge in [0, 0.05) is 43.3 Å². The average Bonchev–Trinajstić information content (AvgIpc) is 3.94. The Labute approximate surface area is 318 Å². The minimum absolute atomic E-state index is 0.611. The minimum Gasteiger partial charge on any atom is -0.405 e. The third kappa shape index (κ3) is 25.2. The maximum Gasteiger partial charge on any atom is 0.0352 e. The molecule has 2 aliphatic carbocycles. The van der Waals surface area contributed by atoms with Crippen LogP contribution in [0.5, 0.6) is 0 Å². The first-order chi connectivity index (χ1) is 24.2. The number of nitrogens with one attached hydrogen (secondary N) is 2. The molecule has 1 aromatic carbocycles. The average molecular weight is 703 g/mol. The predicted octanol–water partition coefficient (Wildman–Crippen LogP) is 13.1. The molecule has 3 rings (SSSR count). The van der Waals surface area contributed by atoms with E-state index in [4.69, 9.17) is 0 Å². The van der Waals surface area contributed by atoms with Crippen LogP contribution in [-0.4, -0.2) is 31.1 Å². The van der Waals surface area contributed by atoms with E-state index in [2.05, 4.69) is 165 Å². The molecule has 0 bridgehead atoms. The van der Waals surface area contributed by atoms with Crippen LogP contribution in [0.15, 0.2) is 90.5 Å². The molecule has 2 aliphatic rings. The lowest BCUT2D eigenvalue weighted by Gasteiger charge is -2.29. The van der Waals surface area contributed by atoms with Crippen molar-refractivity contribution >= 4 is 11.8 Å². The molecule has 1 saturated carbocycles. The van der Waals surface area contributed by atoms with E-state index in [9.17, 15) is 0 Å². The Kier molecular flexibility index (Phi) is 29.5. The van der Waals surface area contributed by atoms with Gasteiger partial charge in [-0.2, -0.15) is 0 Å². The molecule has 0 unspecified atom stereocenters. The van der Waals surface area contributed by atoms with Gasteiger partial charge in [-0.05, 0) is 132 Å². The van der Waals surface area contributed by atoms with Crippen LogP contribution in [0, 0.1) is 18.3 Å². The van der Waals surface area contributed by atoms with Crippen LogP contribution in [0.1, 0.15) is 151 Å². The lowest BCUT2D eigenvalue weighted by molar-refractivity contribution is 0.347. The molecule has 0 radical (unpaired) electrons. The quantitative estimate of drug-likeness (QED) is 0.126. The molecule has 4 nitrogen and oxygen atoms in total. The lowest BCUT2D eigenvalue weighted by Crippen LogP contribution is -2.26. The van der Waals surface area contributed by atoms with Crippen LogP contribution in [0.2, 0.25) is 0 Å². The standard InChI is InChI=1S/C23H34N2.C13H23N.C7H14.C2H5N.C2H6/c1-7-10-20(5)24-15-9-16-25-21(6)23-14-13-19(4)22(17-23)12-8-11-18(2)3;1-4-10-14(11-5-2)13-9-7-6-8-12(13)3;1-7(2,3)6-4-5-6;1-2-3;1-2/h8,10-14,17,24-25H,6-7,9,15-16H2,1-5H3;8-9H,4-7,10-11H2,1-3H3;6H,4-5H2,1-3H3;2H,1,3H2;1-2H3/b12-8+,20-10-;;;;. The zero-order valence-corrected chi connectivity index (χ0v) is 35.8. The lowest BCUT2D eigenvalue weighted by atomic mass is 9.91. The SMILES string of the molecule is C=C(NCCCN/C(C)=C\CC)c1ccc(C)c(/C=C/C=C(C)C)c1.C=CN.CC.CC(C)(C)C1CC1.CCCN(CCC)C1=CCCC=C1C. The van der Waals surface area contributed by atoms with E-state index in [0.29, 0.717) is 5.41 Å². The highest BCUT2D eigenvalue weighted by atomic mass is 15.1. The summed E-state index contributed by atoms with van der Waals surface area (Å²) in [6.07, 6.45) is 24.6. The first-order valence-corrected chi connectivity index (χ1v) is 20.0. The van der Waals surface area contributed by atoms with Gasteiger partial charge in [0.05, 0.1) is 0 Å². The summed E-state index contributed by atoms with van der Waals surface area (Å²) in [6.45, 7) is 40.0. The highest BCUT2D eigenvalue weighted by molar-refractivity contribution is 5.67. The molecule has 4 N–H and O–H groups in total. The molecular formula is C47H82N4. The number of benzene rings is 1. The maximum absolute atomic E-state index is 4.61. The molecule has 0 heterocycles. The van der Waals surface area contributed by atoms with Gasteiger partial charge in [0.15, 0.2) is 0 Å². The van der Waals surface area contributed by atoms with Gasteiger partial charge in [-0.3, -0.25) is 0 Å². The van der Waals surface area contributed by atoms with Crippen molar-refractivity contribution in [3.63, 3.8) is 0 Å². The molecule has 0 spiro atoms. The first-order valence-electron chi connectivity index (χ1n) is 20.0. The summed E-state index contributed by atoms with van der Waals surface area (Å²) >= 11 is 0. The molecule has 290 valence electrons. The largest absolute Gasteiger partial charge is 0.405 e. The number of allylic oxidation sites excluding steroid dienone is 8. The third-order valence-electron chi connectivity index (χ3n) is 8.43. The van der Waals surface area contributed by atoms with Crippen LogP contribution in [-0.2, 0) is 0 Å². The van der Waals surface area contributed by atoms with E-state index in [0.717, 1.165) is 43.1 Å². The summed E-state index contributed by atoms with van der Waals surface area (Å²) in [6, 6.07) is 6.49. The number of aryl methyl sites for hydroxylation is 1. The molecule has 0 aliphatic heterocycles. The highest BCUT2D eigenvalue weighted by Crippen LogP contribution is 2.44. The molecule has 1 aromatic rings. The summed E-state index contributed by atoms with van der Waals surface area (Å²) < 4.78 is 0. The Balaban J connectivity index is 0. The van der Waals surface area contributed by atoms with E-state index in [1.54, 1.807) is 0 Å². The fourth-order valence-corrected chi connectivity index (χ4v) is 5.45. The van der Waals surface area contributed by atoms with E-state index in [1.807, 2.05) is 13.8 Å². The van der Waals surface area contributed by atoms with Crippen molar-refractivity contribution in [2.75, 3.05) is 26.2 Å². The van der Waals surface area contributed by atoms with Crippen molar-refractivity contribution in [2.24, 2.45) is 17.1 Å². The van der Waals surface area contributed by atoms with Crippen molar-refractivity contribution in [1.82, 2.24) is 15.5 Å². The van der Waals surface area contributed by atoms with Gasteiger partial charge < -0.3 is 21.3 Å². The zero-order valence-electron chi connectivity index (χ0n) is 35.8. The normalized spacial score (nSPS) is 13.5. The number of nitrogens with zero attached hydrogens (tertiary/aromatic N) is 1. The van der Waals surface area contributed by atoms with Crippen LogP contribution in [0.3, 0.4) is 0 Å². The number of nitrogens with two attached hydrogens (primary N) is 1. The second-order valence-electron chi connectivity index (χ2n) is 14.6. The molecule has 0 atom stereocenters. The van der Waals surface area contributed by atoms with Crippen molar-refractivity contribution in [1.29, 1.82) is 0 Å². The maximum atomic E-state index is 4.61. The first kappa shape index (κ1) is 49.7. The fraction of sp³-hybridized carbons (Fsp3) is 0.574. The molecule has 0 aromatic heterocycles. The molecular weight excluding hydrogens is 621 g/mol. The van der Waals surface area contributed by atoms with Crippen molar-refractivity contribution in [3.8, 4) is 0 Å². The van der Waals surface area contributed by atoms with Gasteiger partial charge in [0.1, 0.15) is 0 Å². The van der Waals surface area contributed by atoms with E-state index in [-0.39, 0.29) is 0 Å².